The summed E-state index contributed by atoms with van der Waals surface area (Å²) >= 11 is 0. The lowest BCUT2D eigenvalue weighted by Gasteiger charge is -2.53. The van der Waals surface area contributed by atoms with Gasteiger partial charge in [-0.05, 0) is 299 Å². The van der Waals surface area contributed by atoms with Crippen molar-refractivity contribution in [2.75, 3.05) is 6.61 Å². The number of aliphatic hydroxyl groups excluding tert-OH is 5. The molecule has 0 aromatic heterocycles. The highest BCUT2D eigenvalue weighted by molar-refractivity contribution is 5.92. The van der Waals surface area contributed by atoms with E-state index in [9.17, 15) is 35.1 Å². The molecule has 13 heteroatoms. The monoisotopic (exact) mass is 1590 g/mol. The average Bonchev–Trinajstić information content (AvgIpc) is 1.47. The first kappa shape index (κ1) is 97.6. The standard InChI is InChI=1S/C16H24O3.2C16H24O2.C16H22O2.C16H28O2.C15H24O2.6CH4/c1-10-11(17)18-12-14(10,3)9-8-13(2)6-5-7-15(4)16(12,13)19-15;3*1-10-6-5-7-15(3)8-9-16(4)11(2)14(17)18-13(16)12(10)15;1-11-6-5-7-15(3)8-9-16(4,12(2)10-17)14(18)13(11)15;1-10-13(16)17-12-11-6-4-5-7-14(11,2)8-9-15(10,12)3;;;;;;/h11-12,17H,1,5-9H2,2-4H3;11,13H,5-9H2,1-4H3;13-14,17H,2,5-9H2,1,3-4H3;13H,2,5-9H2,1,3-4H3;12,14,17-18H,5-10H2,1-4H3;6,10,12-13,16H,4-5,7-9H2,1-3H3;6*1H4/t11?,12-,13-,14+,15?,16?;11-,13-,15+,16-;13-,14?,15+,16-;13-,15+,16-;12-,14-,15+,16-;10-,12-,13?,14+,15-;;;;;;/m100000....../s1. The van der Waals surface area contributed by atoms with Gasteiger partial charge in [0.25, 0.3) is 0 Å². The van der Waals surface area contributed by atoms with E-state index in [1.807, 2.05) is 6.92 Å². The van der Waals surface area contributed by atoms with Crippen LogP contribution in [0.3, 0.4) is 0 Å². The number of hydrogen-bond acceptors (Lipinski definition) is 13. The van der Waals surface area contributed by atoms with Crippen molar-refractivity contribution in [2.45, 2.75) is 442 Å². The number of carbonyl (C=O) groups is 2. The molecular formula is C101H170O13. The summed E-state index contributed by atoms with van der Waals surface area (Å²) in [6.07, 6.45) is 35.7. The largest absolute Gasteiger partial charge is 0.457 e. The molecule has 13 fully saturated rings. The molecule has 7 saturated carbocycles. The molecule has 26 atom stereocenters. The highest BCUT2D eigenvalue weighted by Crippen LogP contribution is 2.76. The Kier molecular flexibility index (Phi) is 28.6. The molecule has 0 bridgehead atoms. The lowest BCUT2D eigenvalue weighted by atomic mass is 9.50. The smallest absolute Gasteiger partial charge is 0.334 e. The second-order valence-corrected chi connectivity index (χ2v) is 42.6. The fourth-order valence-electron chi connectivity index (χ4n) is 26.7. The van der Waals surface area contributed by atoms with Crippen LogP contribution in [0.4, 0.5) is 0 Å². The number of rotatable bonds is 2. The molecule has 652 valence electrons. The van der Waals surface area contributed by atoms with Crippen LogP contribution in [0.15, 0.2) is 92.7 Å². The molecule has 12 aliphatic carbocycles. The molecule has 114 heavy (non-hydrogen) atoms. The van der Waals surface area contributed by atoms with Gasteiger partial charge in [0, 0.05) is 56.0 Å². The number of hydrogen-bond donors (Lipinski definition) is 5. The predicted molar refractivity (Wildman–Crippen MR) is 468 cm³/mol. The zero-order valence-electron chi connectivity index (χ0n) is 71.0. The number of carbonyl (C=O) groups excluding carboxylic acids is 2. The second-order valence-electron chi connectivity index (χ2n) is 42.6. The van der Waals surface area contributed by atoms with Gasteiger partial charge in [0.05, 0.1) is 29.8 Å². The molecule has 0 amide bonds. The number of ether oxygens (including phenoxy) is 6. The second kappa shape index (κ2) is 33.4. The number of esters is 2. The van der Waals surface area contributed by atoms with Crippen LogP contribution in [0.5, 0.6) is 0 Å². The minimum atomic E-state index is -0.817. The maximum absolute atomic E-state index is 12.0. The molecule has 0 aromatic rings. The summed E-state index contributed by atoms with van der Waals surface area (Å²) in [5.74, 6) is 0.281. The van der Waals surface area contributed by atoms with E-state index in [2.05, 4.69) is 157 Å². The number of epoxide rings is 1. The average molecular weight is 1590 g/mol. The Morgan fingerprint density at radius 3 is 1.46 bits per heavy atom. The van der Waals surface area contributed by atoms with Crippen molar-refractivity contribution in [1.29, 1.82) is 0 Å². The van der Waals surface area contributed by atoms with E-state index in [4.69, 9.17) is 28.4 Å². The van der Waals surface area contributed by atoms with Crippen LogP contribution in [-0.2, 0) is 38.0 Å². The van der Waals surface area contributed by atoms with Crippen LogP contribution >= 0.6 is 0 Å². The molecule has 0 aromatic carbocycles. The number of allylic oxidation sites excluding steroid dienone is 5. The van der Waals surface area contributed by atoms with Crippen LogP contribution in [0.1, 0.15) is 376 Å². The van der Waals surface area contributed by atoms with Gasteiger partial charge >= 0.3 is 11.9 Å². The van der Waals surface area contributed by atoms with E-state index in [1.165, 1.54) is 172 Å². The lowest BCUT2D eigenvalue weighted by molar-refractivity contribution is -0.157. The third-order valence-corrected chi connectivity index (χ3v) is 35.9. The molecule has 13 nitrogen and oxygen atoms in total. The Bertz CT molecular complexity index is 3740. The van der Waals surface area contributed by atoms with Crippen molar-refractivity contribution in [3.05, 3.63) is 92.7 Å². The predicted octanol–water partition coefficient (Wildman–Crippen LogP) is 24.3. The van der Waals surface area contributed by atoms with Gasteiger partial charge in [0.1, 0.15) is 23.9 Å². The summed E-state index contributed by atoms with van der Waals surface area (Å²) in [6.45, 7) is 57.1. The van der Waals surface area contributed by atoms with Gasteiger partial charge in [-0.1, -0.05) is 197 Å². The summed E-state index contributed by atoms with van der Waals surface area (Å²) in [7, 11) is 0. The summed E-state index contributed by atoms with van der Waals surface area (Å²) in [4.78, 5) is 23.9. The first-order valence-corrected chi connectivity index (χ1v) is 43.3. The lowest BCUT2D eigenvalue weighted by Crippen LogP contribution is -2.60. The van der Waals surface area contributed by atoms with E-state index in [0.29, 0.717) is 11.0 Å². The Balaban J connectivity index is 0.000000188. The maximum atomic E-state index is 12.0. The third kappa shape index (κ3) is 14.9. The quantitative estimate of drug-likeness (QED) is 0.0759. The number of fused-ring (bicyclic) bond motifs is 14. The minimum absolute atomic E-state index is 0. The highest BCUT2D eigenvalue weighted by Gasteiger charge is 2.84. The molecule has 5 N–H and O–H groups in total. The minimum Gasteiger partial charge on any atom is -0.457 e. The third-order valence-electron chi connectivity index (χ3n) is 35.9. The SMILES string of the molecule is C.C.C.C.C.C.C=C1C(=O)O[C@H]2C3=C(C)CCC[C@]3(C)CC[C@@]12C.C=C1C(O)O[C@H]2C34OC3(C)CCC[C@]4(C)CC[C@@]12C.C=C1C(O)O[C@H]2C3=C(C)CCC[C@]3(C)CC[C@@]12C.CC1=C2[C@@H]3OC(=O)[C@H](C)[C@]3(C)CC[C@@]2(C)CCC1.CC1=C2[C@H](O)[C@](C)([C@@H](C)CO)CC[C@@]2(C)CCC1.C[C@H]1C(O)O[C@H]2C3=CCCC[C@]3(C)CC[C@]21C. The van der Waals surface area contributed by atoms with Crippen LogP contribution in [0.25, 0.3) is 0 Å². The first-order chi connectivity index (χ1) is 50.3. The molecule has 6 aliphatic heterocycles. The van der Waals surface area contributed by atoms with Crippen molar-refractivity contribution in [3.63, 3.8) is 0 Å². The summed E-state index contributed by atoms with van der Waals surface area (Å²) in [5.41, 5.74) is 16.3. The van der Waals surface area contributed by atoms with Crippen LogP contribution < -0.4 is 0 Å². The number of aliphatic hydroxyl groups is 5. The van der Waals surface area contributed by atoms with Crippen LogP contribution in [-0.4, -0.2) is 111 Å². The van der Waals surface area contributed by atoms with Crippen molar-refractivity contribution < 1.29 is 63.5 Å². The van der Waals surface area contributed by atoms with E-state index < -0.39 is 18.9 Å². The first-order valence-electron chi connectivity index (χ1n) is 43.3. The molecule has 0 radical (unpaired) electrons. The van der Waals surface area contributed by atoms with E-state index >= 15 is 0 Å². The van der Waals surface area contributed by atoms with Gasteiger partial charge in [0.15, 0.2) is 18.9 Å². The molecule has 18 aliphatic rings. The van der Waals surface area contributed by atoms with E-state index in [1.54, 1.807) is 0 Å². The fourth-order valence-corrected chi connectivity index (χ4v) is 26.7. The topological polar surface area (TPSA) is 194 Å². The van der Waals surface area contributed by atoms with Crippen molar-refractivity contribution in [2.24, 2.45) is 82.7 Å². The zero-order chi connectivity index (χ0) is 78.9. The van der Waals surface area contributed by atoms with E-state index in [0.717, 1.165) is 81.8 Å². The molecule has 5 unspecified atom stereocenters. The Morgan fingerprint density at radius 1 is 0.456 bits per heavy atom. The van der Waals surface area contributed by atoms with Gasteiger partial charge in [0.2, 0.25) is 0 Å². The van der Waals surface area contributed by atoms with Crippen LogP contribution in [0.2, 0.25) is 0 Å². The van der Waals surface area contributed by atoms with Crippen molar-refractivity contribution >= 4 is 11.9 Å². The van der Waals surface area contributed by atoms with E-state index in [-0.39, 0.29) is 188 Å². The normalized spacial score (nSPS) is 47.3. The molecule has 6 saturated heterocycles. The highest BCUT2D eigenvalue weighted by atomic mass is 16.7. The van der Waals surface area contributed by atoms with Gasteiger partial charge in [-0.15, -0.1) is 0 Å². The Hall–Kier alpha value is -3.50. The van der Waals surface area contributed by atoms with Gasteiger partial charge < -0.3 is 54.0 Å². The van der Waals surface area contributed by atoms with Gasteiger partial charge in [-0.2, -0.15) is 0 Å². The fraction of sp³-hybridized carbons (Fsp3) is 0.822. The summed E-state index contributed by atoms with van der Waals surface area (Å²) in [5, 5.41) is 50.5. The maximum Gasteiger partial charge on any atom is 0.334 e. The molecule has 6 heterocycles. The summed E-state index contributed by atoms with van der Waals surface area (Å²) in [6, 6.07) is 0. The van der Waals surface area contributed by atoms with Gasteiger partial charge in [-0.25, -0.2) is 4.79 Å². The van der Waals surface area contributed by atoms with Crippen LogP contribution in [0, 0.1) is 82.7 Å². The van der Waals surface area contributed by atoms with Crippen molar-refractivity contribution in [3.8, 4) is 0 Å². The summed E-state index contributed by atoms with van der Waals surface area (Å²) < 4.78 is 35.6. The molecular weight excluding hydrogens is 1420 g/mol. The Morgan fingerprint density at radius 2 is 0.904 bits per heavy atom. The van der Waals surface area contributed by atoms with Gasteiger partial charge in [-0.3, -0.25) is 4.79 Å². The Labute approximate surface area is 696 Å². The molecule has 1 spiro atoms. The van der Waals surface area contributed by atoms with Crippen molar-refractivity contribution in [1.82, 2.24) is 0 Å². The molecule has 18 rings (SSSR count). The zero-order valence-corrected chi connectivity index (χ0v) is 71.0.